The number of amides is 1. The van der Waals surface area contributed by atoms with Gasteiger partial charge in [0, 0.05) is 29.8 Å². The van der Waals surface area contributed by atoms with Gasteiger partial charge in [-0.05, 0) is 67.1 Å². The van der Waals surface area contributed by atoms with Crippen LogP contribution in [0, 0.1) is 6.92 Å². The number of hydrogen-bond acceptors (Lipinski definition) is 7. The smallest absolute Gasteiger partial charge is 0.340 e. The van der Waals surface area contributed by atoms with E-state index in [1.807, 2.05) is 24.3 Å². The number of carbonyl (C=O) groups excluding carboxylic acids is 2. The fourth-order valence-corrected chi connectivity index (χ4v) is 4.38. The molecule has 0 atom stereocenters. The molecule has 0 aliphatic rings. The van der Waals surface area contributed by atoms with Crippen LogP contribution in [0.3, 0.4) is 0 Å². The van der Waals surface area contributed by atoms with E-state index < -0.39 is 18.5 Å². The van der Waals surface area contributed by atoms with E-state index in [2.05, 4.69) is 33.4 Å². The molecular weight excluding hydrogens is 450 g/mol. The normalized spacial score (nSPS) is 10.9. The van der Waals surface area contributed by atoms with E-state index in [1.54, 1.807) is 58.7 Å². The SMILES string of the molecule is Cc1ccc2nc(-c3ccc(NC(=O)COC(=O)c4ccc(-n5cccn5)nc4)cc3)sc2c1. The third-order valence-corrected chi connectivity index (χ3v) is 6.08. The number of rotatable bonds is 6. The summed E-state index contributed by atoms with van der Waals surface area (Å²) in [4.78, 5) is 33.3. The zero-order valence-electron chi connectivity index (χ0n) is 18.1. The summed E-state index contributed by atoms with van der Waals surface area (Å²) in [6.45, 7) is 1.65. The summed E-state index contributed by atoms with van der Waals surface area (Å²) in [7, 11) is 0. The molecular formula is C25H19N5O3S. The second kappa shape index (κ2) is 9.24. The van der Waals surface area contributed by atoms with Crippen LogP contribution in [-0.2, 0) is 9.53 Å². The molecule has 1 amide bonds. The molecule has 3 heterocycles. The summed E-state index contributed by atoms with van der Waals surface area (Å²) in [5, 5.41) is 7.72. The van der Waals surface area contributed by atoms with Crippen molar-refractivity contribution in [3.8, 4) is 16.4 Å². The number of thiazole rings is 1. The van der Waals surface area contributed by atoms with Gasteiger partial charge in [-0.15, -0.1) is 11.3 Å². The first kappa shape index (κ1) is 21.5. The summed E-state index contributed by atoms with van der Waals surface area (Å²) in [5.41, 5.74) is 3.99. The zero-order valence-corrected chi connectivity index (χ0v) is 19.0. The van der Waals surface area contributed by atoms with Gasteiger partial charge in [0.15, 0.2) is 12.4 Å². The first-order chi connectivity index (χ1) is 16.5. The molecule has 0 aliphatic carbocycles. The Morgan fingerprint density at radius 2 is 1.94 bits per heavy atom. The van der Waals surface area contributed by atoms with Crippen molar-refractivity contribution in [2.75, 3.05) is 11.9 Å². The number of benzene rings is 2. The molecule has 0 unspecified atom stereocenters. The fourth-order valence-electron chi connectivity index (χ4n) is 3.31. The van der Waals surface area contributed by atoms with Crippen LogP contribution in [0.2, 0.25) is 0 Å². The predicted octanol–water partition coefficient (Wildman–Crippen LogP) is 4.65. The highest BCUT2D eigenvalue weighted by molar-refractivity contribution is 7.21. The molecule has 0 bridgehead atoms. The van der Waals surface area contributed by atoms with Gasteiger partial charge >= 0.3 is 5.97 Å². The summed E-state index contributed by atoms with van der Waals surface area (Å²) in [6.07, 6.45) is 4.77. The van der Waals surface area contributed by atoms with E-state index in [-0.39, 0.29) is 5.56 Å². The van der Waals surface area contributed by atoms with Crippen LogP contribution in [0.5, 0.6) is 0 Å². The molecule has 1 N–H and O–H groups in total. The summed E-state index contributed by atoms with van der Waals surface area (Å²) < 4.78 is 7.82. The van der Waals surface area contributed by atoms with Gasteiger partial charge in [0.1, 0.15) is 5.01 Å². The van der Waals surface area contributed by atoms with Crippen molar-refractivity contribution >= 4 is 39.1 Å². The van der Waals surface area contributed by atoms with Gasteiger partial charge in [-0.25, -0.2) is 19.4 Å². The quantitative estimate of drug-likeness (QED) is 0.364. The van der Waals surface area contributed by atoms with Crippen LogP contribution in [0.15, 0.2) is 79.3 Å². The van der Waals surface area contributed by atoms with Crippen LogP contribution in [-0.4, -0.2) is 38.2 Å². The lowest BCUT2D eigenvalue weighted by Gasteiger charge is -2.07. The first-order valence-corrected chi connectivity index (χ1v) is 11.3. The van der Waals surface area contributed by atoms with Gasteiger partial charge < -0.3 is 10.1 Å². The Hall–Kier alpha value is -4.37. The van der Waals surface area contributed by atoms with E-state index in [0.717, 1.165) is 20.8 Å². The molecule has 0 fully saturated rings. The molecule has 9 heteroatoms. The Labute approximate surface area is 198 Å². The standard InChI is InChI=1S/C25H19N5O3S/c1-16-3-9-20-21(13-16)34-24(29-20)17-4-7-19(8-5-17)28-23(31)15-33-25(32)18-6-10-22(26-14-18)30-12-2-11-27-30/h2-14H,15H2,1H3,(H,28,31). The topological polar surface area (TPSA) is 99.0 Å². The Morgan fingerprint density at radius 3 is 2.68 bits per heavy atom. The highest BCUT2D eigenvalue weighted by atomic mass is 32.1. The summed E-state index contributed by atoms with van der Waals surface area (Å²) in [6, 6.07) is 18.6. The fraction of sp³-hybridized carbons (Fsp3) is 0.0800. The number of pyridine rings is 1. The zero-order chi connectivity index (χ0) is 23.5. The first-order valence-electron chi connectivity index (χ1n) is 10.5. The maximum Gasteiger partial charge on any atom is 0.340 e. The number of ether oxygens (including phenoxy) is 1. The summed E-state index contributed by atoms with van der Waals surface area (Å²) >= 11 is 1.63. The Kier molecular flexibility index (Phi) is 5.84. The third-order valence-electron chi connectivity index (χ3n) is 5.02. The molecule has 34 heavy (non-hydrogen) atoms. The number of hydrogen-bond donors (Lipinski definition) is 1. The maximum atomic E-state index is 12.2. The third kappa shape index (κ3) is 4.69. The van der Waals surface area contributed by atoms with Crippen molar-refractivity contribution in [1.82, 2.24) is 19.7 Å². The molecule has 0 spiro atoms. The maximum absolute atomic E-state index is 12.2. The van der Waals surface area contributed by atoms with Crippen molar-refractivity contribution in [3.63, 3.8) is 0 Å². The number of aromatic nitrogens is 4. The van der Waals surface area contributed by atoms with Crippen molar-refractivity contribution in [2.45, 2.75) is 6.92 Å². The van der Waals surface area contributed by atoms with Crippen LogP contribution >= 0.6 is 11.3 Å². The molecule has 2 aromatic carbocycles. The van der Waals surface area contributed by atoms with Crippen LogP contribution in [0.1, 0.15) is 15.9 Å². The van der Waals surface area contributed by atoms with Gasteiger partial charge in [0.2, 0.25) is 0 Å². The molecule has 5 rings (SSSR count). The molecule has 168 valence electrons. The Balaban J connectivity index is 1.16. The van der Waals surface area contributed by atoms with E-state index in [4.69, 9.17) is 4.74 Å². The number of esters is 1. The van der Waals surface area contributed by atoms with Gasteiger partial charge in [0.05, 0.1) is 15.8 Å². The van der Waals surface area contributed by atoms with Crippen molar-refractivity contribution in [2.24, 2.45) is 0 Å². The molecule has 0 saturated heterocycles. The minimum atomic E-state index is -0.629. The van der Waals surface area contributed by atoms with Gasteiger partial charge in [-0.2, -0.15) is 5.10 Å². The van der Waals surface area contributed by atoms with Gasteiger partial charge in [-0.3, -0.25) is 4.79 Å². The average molecular weight is 470 g/mol. The second-order valence-electron chi connectivity index (χ2n) is 7.55. The van der Waals surface area contributed by atoms with Crippen LogP contribution < -0.4 is 5.32 Å². The number of carbonyl (C=O) groups is 2. The van der Waals surface area contributed by atoms with E-state index in [9.17, 15) is 9.59 Å². The molecule has 8 nitrogen and oxygen atoms in total. The predicted molar refractivity (Wildman–Crippen MR) is 130 cm³/mol. The minimum absolute atomic E-state index is 0.249. The second-order valence-corrected chi connectivity index (χ2v) is 8.58. The molecule has 0 radical (unpaired) electrons. The average Bonchev–Trinajstić information content (AvgIpc) is 3.53. The van der Waals surface area contributed by atoms with Crippen LogP contribution in [0.25, 0.3) is 26.6 Å². The number of anilines is 1. The highest BCUT2D eigenvalue weighted by Crippen LogP contribution is 2.31. The number of nitrogens with zero attached hydrogens (tertiary/aromatic N) is 4. The van der Waals surface area contributed by atoms with Crippen molar-refractivity contribution < 1.29 is 14.3 Å². The van der Waals surface area contributed by atoms with Crippen molar-refractivity contribution in [3.05, 3.63) is 90.4 Å². The molecule has 3 aromatic heterocycles. The van der Waals surface area contributed by atoms with Gasteiger partial charge in [0.25, 0.3) is 5.91 Å². The lowest BCUT2D eigenvalue weighted by atomic mass is 10.2. The lowest BCUT2D eigenvalue weighted by molar-refractivity contribution is -0.119. The van der Waals surface area contributed by atoms with E-state index in [0.29, 0.717) is 11.5 Å². The van der Waals surface area contributed by atoms with E-state index >= 15 is 0 Å². The van der Waals surface area contributed by atoms with Crippen molar-refractivity contribution in [1.29, 1.82) is 0 Å². The lowest BCUT2D eigenvalue weighted by Crippen LogP contribution is -2.21. The number of fused-ring (bicyclic) bond motifs is 1. The minimum Gasteiger partial charge on any atom is -0.452 e. The van der Waals surface area contributed by atoms with Gasteiger partial charge in [-0.1, -0.05) is 6.07 Å². The van der Waals surface area contributed by atoms with Crippen LogP contribution in [0.4, 0.5) is 5.69 Å². The summed E-state index contributed by atoms with van der Waals surface area (Å²) in [5.74, 6) is -0.488. The molecule has 0 saturated carbocycles. The largest absolute Gasteiger partial charge is 0.452 e. The Bertz CT molecular complexity index is 1460. The molecule has 0 aliphatic heterocycles. The molecule has 5 aromatic rings. The number of aryl methyl sites for hydroxylation is 1. The number of nitrogens with one attached hydrogen (secondary N) is 1. The Morgan fingerprint density at radius 1 is 1.09 bits per heavy atom. The highest BCUT2D eigenvalue weighted by Gasteiger charge is 2.12. The van der Waals surface area contributed by atoms with E-state index in [1.165, 1.54) is 11.8 Å². The monoisotopic (exact) mass is 469 g/mol.